The molecular weight excluding hydrogens is 312 g/mol. The third kappa shape index (κ3) is 3.53. The number of pyridine rings is 1. The van der Waals surface area contributed by atoms with Crippen molar-refractivity contribution in [1.29, 1.82) is 0 Å². The maximum atomic E-state index is 12.3. The van der Waals surface area contributed by atoms with Crippen molar-refractivity contribution in [1.82, 2.24) is 9.88 Å². The van der Waals surface area contributed by atoms with Gasteiger partial charge >= 0.3 is 5.97 Å². The molecule has 0 radical (unpaired) electrons. The number of rotatable bonds is 3. The molecule has 2 rings (SSSR count). The molecule has 0 bridgehead atoms. The molecular formula is C13H15BrN2O3. The zero-order valence-corrected chi connectivity index (χ0v) is 12.0. The molecule has 0 aromatic carbocycles. The minimum Gasteiger partial charge on any atom is -0.481 e. The molecule has 2 heterocycles. The molecule has 1 aromatic rings. The number of carbonyl (C=O) groups excluding carboxylic acids is 1. The number of aromatic nitrogens is 1. The molecule has 1 aromatic heterocycles. The Labute approximate surface area is 119 Å². The van der Waals surface area contributed by atoms with Gasteiger partial charge in [0.2, 0.25) is 0 Å². The van der Waals surface area contributed by atoms with Gasteiger partial charge < -0.3 is 10.0 Å². The van der Waals surface area contributed by atoms with Gasteiger partial charge in [0.15, 0.2) is 0 Å². The van der Waals surface area contributed by atoms with Gasteiger partial charge in [0.25, 0.3) is 5.91 Å². The normalized spacial score (nSPS) is 16.4. The molecule has 6 heteroatoms. The van der Waals surface area contributed by atoms with Crippen LogP contribution in [-0.2, 0) is 4.79 Å². The molecule has 0 spiro atoms. The molecule has 1 aliphatic heterocycles. The Kier molecular flexibility index (Phi) is 4.52. The highest BCUT2D eigenvalue weighted by Crippen LogP contribution is 2.23. The first kappa shape index (κ1) is 14.0. The van der Waals surface area contributed by atoms with E-state index in [-0.39, 0.29) is 18.2 Å². The number of carbonyl (C=O) groups is 2. The van der Waals surface area contributed by atoms with Crippen LogP contribution < -0.4 is 0 Å². The number of nitrogens with zero attached hydrogens (tertiary/aromatic N) is 2. The molecule has 102 valence electrons. The first-order valence-electron chi connectivity index (χ1n) is 6.18. The predicted molar refractivity (Wildman–Crippen MR) is 72.8 cm³/mol. The Morgan fingerprint density at radius 2 is 2.11 bits per heavy atom. The molecule has 1 aliphatic rings. The van der Waals surface area contributed by atoms with Crippen LogP contribution >= 0.6 is 15.9 Å². The summed E-state index contributed by atoms with van der Waals surface area (Å²) in [4.78, 5) is 28.7. The summed E-state index contributed by atoms with van der Waals surface area (Å²) in [6.45, 7) is 1.23. The fourth-order valence-corrected chi connectivity index (χ4v) is 2.73. The third-order valence-electron chi connectivity index (χ3n) is 3.37. The van der Waals surface area contributed by atoms with Gasteiger partial charge in [-0.2, -0.15) is 0 Å². The zero-order chi connectivity index (χ0) is 13.8. The number of piperidine rings is 1. The molecule has 0 aliphatic carbocycles. The summed E-state index contributed by atoms with van der Waals surface area (Å²) in [5.41, 5.74) is 0.603. The average molecular weight is 327 g/mol. The van der Waals surface area contributed by atoms with E-state index in [9.17, 15) is 9.59 Å². The number of amides is 1. The van der Waals surface area contributed by atoms with Crippen LogP contribution in [0.25, 0.3) is 0 Å². The summed E-state index contributed by atoms with van der Waals surface area (Å²) in [6, 6.07) is 1.69. The molecule has 1 fully saturated rings. The van der Waals surface area contributed by atoms with Crippen molar-refractivity contribution in [2.24, 2.45) is 5.92 Å². The Hall–Kier alpha value is -1.43. The number of likely N-dealkylation sites (tertiary alicyclic amines) is 1. The lowest BCUT2D eigenvalue weighted by Gasteiger charge is -2.31. The van der Waals surface area contributed by atoms with E-state index >= 15 is 0 Å². The van der Waals surface area contributed by atoms with Crippen molar-refractivity contribution in [2.45, 2.75) is 19.3 Å². The van der Waals surface area contributed by atoms with Crippen molar-refractivity contribution >= 4 is 27.8 Å². The van der Waals surface area contributed by atoms with Gasteiger partial charge in [-0.3, -0.25) is 14.6 Å². The fraction of sp³-hybridized carbons (Fsp3) is 0.462. The quantitative estimate of drug-likeness (QED) is 0.924. The number of carboxylic acid groups (broad SMARTS) is 1. The second-order valence-electron chi connectivity index (χ2n) is 4.69. The van der Waals surface area contributed by atoms with Crippen LogP contribution in [0.15, 0.2) is 22.9 Å². The fourth-order valence-electron chi connectivity index (χ4n) is 2.31. The largest absolute Gasteiger partial charge is 0.481 e. The van der Waals surface area contributed by atoms with Gasteiger partial charge in [-0.25, -0.2) is 0 Å². The number of halogens is 1. The second-order valence-corrected chi connectivity index (χ2v) is 5.54. The van der Waals surface area contributed by atoms with Crippen LogP contribution in [0.4, 0.5) is 0 Å². The summed E-state index contributed by atoms with van der Waals surface area (Å²) in [5.74, 6) is -0.605. The number of hydrogen-bond acceptors (Lipinski definition) is 3. The third-order valence-corrected chi connectivity index (χ3v) is 4.00. The number of aliphatic carboxylic acids is 1. The van der Waals surface area contributed by atoms with Crippen LogP contribution in [0, 0.1) is 5.92 Å². The molecule has 1 amide bonds. The van der Waals surface area contributed by atoms with Crippen molar-refractivity contribution in [3.63, 3.8) is 0 Å². The van der Waals surface area contributed by atoms with E-state index in [0.717, 1.165) is 12.8 Å². The second kappa shape index (κ2) is 6.14. The highest BCUT2D eigenvalue weighted by atomic mass is 79.9. The minimum absolute atomic E-state index is 0.0250. The number of carboxylic acids is 1. The smallest absolute Gasteiger partial charge is 0.303 e. The number of hydrogen-bond donors (Lipinski definition) is 1. The first-order chi connectivity index (χ1) is 9.08. The molecule has 1 saturated heterocycles. The highest BCUT2D eigenvalue weighted by Gasteiger charge is 2.25. The van der Waals surface area contributed by atoms with Crippen molar-refractivity contribution < 1.29 is 14.7 Å². The summed E-state index contributed by atoms with van der Waals surface area (Å²) < 4.78 is 0.688. The standard InChI is InChI=1S/C13H15BrN2O3/c14-11-8-15-4-1-10(11)13(19)16-5-2-9(3-6-16)7-12(17)18/h1,4,8-9H,2-3,5-7H2,(H,17,18). The van der Waals surface area contributed by atoms with E-state index in [2.05, 4.69) is 20.9 Å². The zero-order valence-electron chi connectivity index (χ0n) is 10.4. The maximum Gasteiger partial charge on any atom is 0.303 e. The Bertz CT molecular complexity index is 485. The monoisotopic (exact) mass is 326 g/mol. The van der Waals surface area contributed by atoms with E-state index in [1.165, 1.54) is 0 Å². The van der Waals surface area contributed by atoms with E-state index in [4.69, 9.17) is 5.11 Å². The van der Waals surface area contributed by atoms with Gasteiger partial charge in [0, 0.05) is 36.4 Å². The maximum absolute atomic E-state index is 12.3. The van der Waals surface area contributed by atoms with Crippen LogP contribution in [-0.4, -0.2) is 40.0 Å². The molecule has 0 saturated carbocycles. The first-order valence-corrected chi connectivity index (χ1v) is 6.98. The molecule has 19 heavy (non-hydrogen) atoms. The lowest BCUT2D eigenvalue weighted by Crippen LogP contribution is -2.39. The summed E-state index contributed by atoms with van der Waals surface area (Å²) >= 11 is 3.32. The molecule has 0 unspecified atom stereocenters. The van der Waals surface area contributed by atoms with E-state index in [1.54, 1.807) is 23.4 Å². The molecule has 5 nitrogen and oxygen atoms in total. The highest BCUT2D eigenvalue weighted by molar-refractivity contribution is 9.10. The van der Waals surface area contributed by atoms with Gasteiger partial charge in [-0.1, -0.05) is 0 Å². The van der Waals surface area contributed by atoms with Crippen molar-refractivity contribution in [2.75, 3.05) is 13.1 Å². The van der Waals surface area contributed by atoms with E-state index in [0.29, 0.717) is 23.1 Å². The van der Waals surface area contributed by atoms with Gasteiger partial charge in [0.1, 0.15) is 0 Å². The summed E-state index contributed by atoms with van der Waals surface area (Å²) in [6.07, 6.45) is 4.89. The predicted octanol–water partition coefficient (Wildman–Crippen LogP) is 2.17. The van der Waals surface area contributed by atoms with Gasteiger partial charge in [0.05, 0.1) is 5.56 Å². The Morgan fingerprint density at radius 1 is 1.42 bits per heavy atom. The van der Waals surface area contributed by atoms with E-state index < -0.39 is 5.97 Å². The van der Waals surface area contributed by atoms with Crippen LogP contribution in [0.2, 0.25) is 0 Å². The average Bonchev–Trinajstić information content (AvgIpc) is 2.39. The SMILES string of the molecule is O=C(O)CC1CCN(C(=O)c2ccncc2Br)CC1. The lowest BCUT2D eigenvalue weighted by atomic mass is 9.93. The Balaban J connectivity index is 1.96. The lowest BCUT2D eigenvalue weighted by molar-refractivity contribution is -0.138. The molecule has 0 atom stereocenters. The Morgan fingerprint density at radius 3 is 2.68 bits per heavy atom. The minimum atomic E-state index is -0.762. The van der Waals surface area contributed by atoms with Crippen molar-refractivity contribution in [3.05, 3.63) is 28.5 Å². The summed E-state index contributed by atoms with van der Waals surface area (Å²) in [5, 5.41) is 8.76. The van der Waals surface area contributed by atoms with Crippen molar-refractivity contribution in [3.8, 4) is 0 Å². The van der Waals surface area contributed by atoms with Gasteiger partial charge in [-0.15, -0.1) is 0 Å². The summed E-state index contributed by atoms with van der Waals surface area (Å²) in [7, 11) is 0. The topological polar surface area (TPSA) is 70.5 Å². The van der Waals surface area contributed by atoms with Crippen LogP contribution in [0.3, 0.4) is 0 Å². The van der Waals surface area contributed by atoms with Crippen LogP contribution in [0.1, 0.15) is 29.6 Å². The van der Waals surface area contributed by atoms with E-state index in [1.807, 2.05) is 0 Å². The molecule has 1 N–H and O–H groups in total. The van der Waals surface area contributed by atoms with Crippen LogP contribution in [0.5, 0.6) is 0 Å². The van der Waals surface area contributed by atoms with Gasteiger partial charge in [-0.05, 0) is 40.8 Å².